The van der Waals surface area contributed by atoms with Crippen molar-refractivity contribution in [1.29, 1.82) is 0 Å². The molecule has 10 heteroatoms. The highest BCUT2D eigenvalue weighted by Gasteiger charge is 2.47. The van der Waals surface area contributed by atoms with Gasteiger partial charge in [-0.25, -0.2) is 5.48 Å². The van der Waals surface area contributed by atoms with Crippen molar-refractivity contribution < 1.29 is 39.6 Å². The molecule has 0 aromatic rings. The van der Waals surface area contributed by atoms with Gasteiger partial charge in [0, 0.05) is 6.61 Å². The van der Waals surface area contributed by atoms with E-state index in [2.05, 4.69) is 12.2 Å². The normalized spacial score (nSPS) is 28.6. The Morgan fingerprint density at radius 3 is 2.31 bits per heavy atom. The molecule has 2 amide bonds. The number of aliphatic hydroxyl groups is 3. The van der Waals surface area contributed by atoms with Gasteiger partial charge in [0.25, 0.3) is 11.8 Å². The van der Waals surface area contributed by atoms with Crippen LogP contribution in [0, 0.1) is 0 Å². The molecule has 6 N–H and O–H groups in total. The molecule has 0 spiro atoms. The summed E-state index contributed by atoms with van der Waals surface area (Å²) in [4.78, 5) is 22.9. The average molecular weight is 378 g/mol. The number of carbonyl (C=O) groups excluding carboxylic acids is 2. The van der Waals surface area contributed by atoms with E-state index in [1.165, 1.54) is 11.9 Å². The van der Waals surface area contributed by atoms with E-state index in [0.29, 0.717) is 0 Å². The van der Waals surface area contributed by atoms with E-state index < -0.39 is 49.1 Å². The third kappa shape index (κ3) is 7.14. The van der Waals surface area contributed by atoms with Crippen LogP contribution in [0.5, 0.6) is 0 Å². The first-order valence-corrected chi connectivity index (χ1v) is 8.94. The SMILES string of the molecule is CCCCCCCCO[C@H]1O[C@H](C(=O)NCC(=O)NO)[C@@H](O)[C@H](O)[C@H]1O. The van der Waals surface area contributed by atoms with Gasteiger partial charge in [0.1, 0.15) is 18.3 Å². The Morgan fingerprint density at radius 1 is 1.00 bits per heavy atom. The molecule has 0 aromatic carbocycles. The van der Waals surface area contributed by atoms with Crippen molar-refractivity contribution in [2.75, 3.05) is 13.2 Å². The van der Waals surface area contributed by atoms with Gasteiger partial charge in [0.15, 0.2) is 12.4 Å². The molecule has 1 fully saturated rings. The Morgan fingerprint density at radius 2 is 1.65 bits per heavy atom. The molecule has 0 unspecified atom stereocenters. The number of rotatable bonds is 11. The molecule has 0 radical (unpaired) electrons. The quantitative estimate of drug-likeness (QED) is 0.149. The Bertz CT molecular complexity index is 436. The summed E-state index contributed by atoms with van der Waals surface area (Å²) < 4.78 is 10.7. The van der Waals surface area contributed by atoms with Gasteiger partial charge in [-0.1, -0.05) is 39.0 Å². The number of hydroxylamine groups is 1. The molecule has 0 aromatic heterocycles. The van der Waals surface area contributed by atoms with Crippen LogP contribution in [0.2, 0.25) is 0 Å². The summed E-state index contributed by atoms with van der Waals surface area (Å²) in [6, 6.07) is 0. The fraction of sp³-hybridized carbons (Fsp3) is 0.875. The smallest absolute Gasteiger partial charge is 0.262 e. The number of hydrogen-bond acceptors (Lipinski definition) is 8. The first kappa shape index (κ1) is 22.7. The lowest BCUT2D eigenvalue weighted by Crippen LogP contribution is -2.62. The van der Waals surface area contributed by atoms with Crippen molar-refractivity contribution in [2.45, 2.75) is 76.2 Å². The van der Waals surface area contributed by atoms with Crippen LogP contribution in [0.4, 0.5) is 0 Å². The van der Waals surface area contributed by atoms with Crippen molar-refractivity contribution >= 4 is 11.8 Å². The number of aliphatic hydroxyl groups excluding tert-OH is 3. The third-order valence-corrected chi connectivity index (χ3v) is 4.16. The summed E-state index contributed by atoms with van der Waals surface area (Å²) >= 11 is 0. The lowest BCUT2D eigenvalue weighted by Gasteiger charge is -2.39. The highest BCUT2D eigenvalue weighted by atomic mass is 16.7. The maximum atomic E-state index is 12.0. The molecule has 152 valence electrons. The molecule has 26 heavy (non-hydrogen) atoms. The molecule has 0 bridgehead atoms. The van der Waals surface area contributed by atoms with Crippen LogP contribution in [0.1, 0.15) is 45.4 Å². The van der Waals surface area contributed by atoms with Gasteiger partial charge in [0.2, 0.25) is 0 Å². The van der Waals surface area contributed by atoms with E-state index in [9.17, 15) is 24.9 Å². The van der Waals surface area contributed by atoms with Gasteiger partial charge in [0.05, 0.1) is 6.54 Å². The zero-order valence-corrected chi connectivity index (χ0v) is 15.0. The zero-order chi connectivity index (χ0) is 19.5. The molecule has 1 saturated heterocycles. The van der Waals surface area contributed by atoms with Crippen LogP contribution < -0.4 is 10.8 Å². The van der Waals surface area contributed by atoms with Crippen molar-refractivity contribution in [2.24, 2.45) is 0 Å². The van der Waals surface area contributed by atoms with Gasteiger partial charge >= 0.3 is 0 Å². The summed E-state index contributed by atoms with van der Waals surface area (Å²) in [6.07, 6.45) is -1.37. The standard InChI is InChI=1S/C16H30N2O8/c1-2-3-4-5-6-7-8-25-16-13(22)11(20)12(21)14(26-16)15(23)17-9-10(19)18-24/h11-14,16,20-22,24H,2-9H2,1H3,(H,17,23)(H,18,19)/t11-,12-,13+,14-,16-/m0/s1. The van der Waals surface area contributed by atoms with Crippen LogP contribution in [-0.2, 0) is 19.1 Å². The van der Waals surface area contributed by atoms with Crippen LogP contribution in [0.3, 0.4) is 0 Å². The van der Waals surface area contributed by atoms with Crippen LogP contribution in [0.25, 0.3) is 0 Å². The Hall–Kier alpha value is -1.30. The monoisotopic (exact) mass is 378 g/mol. The van der Waals surface area contributed by atoms with Crippen molar-refractivity contribution in [3.63, 3.8) is 0 Å². The Balaban J connectivity index is 2.45. The second kappa shape index (κ2) is 12.2. The second-order valence-electron chi connectivity index (χ2n) is 6.29. The van der Waals surface area contributed by atoms with Crippen LogP contribution in [-0.4, -0.2) is 76.2 Å². The summed E-state index contributed by atoms with van der Waals surface area (Å²) in [5, 5.41) is 40.3. The van der Waals surface area contributed by atoms with Crippen LogP contribution in [0.15, 0.2) is 0 Å². The lowest BCUT2D eigenvalue weighted by atomic mass is 9.98. The number of carbonyl (C=O) groups is 2. The molecule has 1 heterocycles. The fourth-order valence-electron chi connectivity index (χ4n) is 2.59. The number of amides is 2. The highest BCUT2D eigenvalue weighted by molar-refractivity contribution is 5.87. The number of ether oxygens (including phenoxy) is 2. The van der Waals surface area contributed by atoms with Crippen molar-refractivity contribution in [3.8, 4) is 0 Å². The molecular weight excluding hydrogens is 348 g/mol. The Labute approximate surface area is 152 Å². The summed E-state index contributed by atoms with van der Waals surface area (Å²) in [6.45, 7) is 1.87. The fourth-order valence-corrected chi connectivity index (χ4v) is 2.59. The minimum atomic E-state index is -1.68. The van der Waals surface area contributed by atoms with Crippen molar-refractivity contribution in [3.05, 3.63) is 0 Å². The summed E-state index contributed by atoms with van der Waals surface area (Å²) in [7, 11) is 0. The van der Waals surface area contributed by atoms with E-state index in [4.69, 9.17) is 14.7 Å². The van der Waals surface area contributed by atoms with Gasteiger partial charge in [-0.3, -0.25) is 14.8 Å². The van der Waals surface area contributed by atoms with Crippen molar-refractivity contribution in [1.82, 2.24) is 10.8 Å². The Kier molecular flexibility index (Phi) is 10.6. The maximum absolute atomic E-state index is 12.0. The van der Waals surface area contributed by atoms with E-state index in [-0.39, 0.29) is 6.61 Å². The summed E-state index contributed by atoms with van der Waals surface area (Å²) in [5.41, 5.74) is 1.34. The molecule has 10 nitrogen and oxygen atoms in total. The highest BCUT2D eigenvalue weighted by Crippen LogP contribution is 2.22. The van der Waals surface area contributed by atoms with Gasteiger partial charge in [-0.15, -0.1) is 0 Å². The second-order valence-corrected chi connectivity index (χ2v) is 6.29. The predicted octanol–water partition coefficient (Wildman–Crippen LogP) is -1.21. The van der Waals surface area contributed by atoms with Gasteiger partial charge < -0.3 is 30.1 Å². The molecular formula is C16H30N2O8. The minimum Gasteiger partial charge on any atom is -0.387 e. The number of hydrogen-bond donors (Lipinski definition) is 6. The first-order valence-electron chi connectivity index (χ1n) is 8.94. The number of unbranched alkanes of at least 4 members (excludes halogenated alkanes) is 5. The topological polar surface area (TPSA) is 158 Å². The molecule has 1 rings (SSSR count). The molecule has 0 saturated carbocycles. The minimum absolute atomic E-state index is 0.276. The first-order chi connectivity index (χ1) is 12.4. The average Bonchev–Trinajstić information content (AvgIpc) is 2.64. The predicted molar refractivity (Wildman–Crippen MR) is 88.9 cm³/mol. The number of nitrogens with one attached hydrogen (secondary N) is 2. The third-order valence-electron chi connectivity index (χ3n) is 4.16. The lowest BCUT2D eigenvalue weighted by molar-refractivity contribution is -0.290. The molecule has 1 aliphatic heterocycles. The maximum Gasteiger partial charge on any atom is 0.262 e. The molecule has 1 aliphatic rings. The largest absolute Gasteiger partial charge is 0.387 e. The molecule has 5 atom stereocenters. The zero-order valence-electron chi connectivity index (χ0n) is 15.0. The van der Waals surface area contributed by atoms with E-state index in [0.717, 1.165) is 32.1 Å². The van der Waals surface area contributed by atoms with E-state index in [1.807, 2.05) is 0 Å². The molecule has 0 aliphatic carbocycles. The van der Waals surface area contributed by atoms with Gasteiger partial charge in [-0.2, -0.15) is 0 Å². The summed E-state index contributed by atoms with van der Waals surface area (Å²) in [5.74, 6) is -1.74. The van der Waals surface area contributed by atoms with Crippen LogP contribution >= 0.6 is 0 Å². The van der Waals surface area contributed by atoms with E-state index in [1.54, 1.807) is 0 Å². The van der Waals surface area contributed by atoms with E-state index >= 15 is 0 Å². The van der Waals surface area contributed by atoms with Gasteiger partial charge in [-0.05, 0) is 6.42 Å².